The monoisotopic (exact) mass is 238 g/mol. The number of hydrogen-bond donors (Lipinski definition) is 1. The van der Waals surface area contributed by atoms with E-state index in [0.717, 1.165) is 13.1 Å². The van der Waals surface area contributed by atoms with Crippen LogP contribution in [-0.2, 0) is 0 Å². The third kappa shape index (κ3) is 5.70. The number of halogens is 3. The fourth-order valence-corrected chi connectivity index (χ4v) is 2.03. The molecule has 0 aromatic heterocycles. The summed E-state index contributed by atoms with van der Waals surface area (Å²) >= 11 is 0. The van der Waals surface area contributed by atoms with Crippen LogP contribution in [0.1, 0.15) is 32.6 Å². The Bertz CT molecular complexity index is 188. The Hall–Kier alpha value is -0.290. The van der Waals surface area contributed by atoms with Gasteiger partial charge in [0.05, 0.1) is 6.42 Å². The molecule has 2 nitrogen and oxygen atoms in total. The average Bonchev–Trinajstić information content (AvgIpc) is 2.24. The highest BCUT2D eigenvalue weighted by atomic mass is 19.4. The summed E-state index contributed by atoms with van der Waals surface area (Å²) < 4.78 is 35.7. The Kier molecular flexibility index (Phi) is 5.55. The van der Waals surface area contributed by atoms with Crippen LogP contribution < -0.4 is 5.32 Å². The molecule has 1 aliphatic heterocycles. The molecule has 1 rings (SSSR count). The topological polar surface area (TPSA) is 15.3 Å². The molecule has 16 heavy (non-hydrogen) atoms. The normalized spacial score (nSPS) is 21.0. The van der Waals surface area contributed by atoms with Crippen LogP contribution in [0.5, 0.6) is 0 Å². The minimum Gasteiger partial charge on any atom is -0.315 e. The summed E-state index contributed by atoms with van der Waals surface area (Å²) in [6, 6.07) is 0.341. The first-order valence-corrected chi connectivity index (χ1v) is 6.00. The third-order valence-corrected chi connectivity index (χ3v) is 3.04. The van der Waals surface area contributed by atoms with Gasteiger partial charge in [-0.2, -0.15) is 13.2 Å². The maximum absolute atomic E-state index is 11.9. The van der Waals surface area contributed by atoms with Gasteiger partial charge >= 0.3 is 6.18 Å². The van der Waals surface area contributed by atoms with Crippen LogP contribution in [0.2, 0.25) is 0 Å². The van der Waals surface area contributed by atoms with E-state index >= 15 is 0 Å². The zero-order valence-electron chi connectivity index (χ0n) is 9.82. The zero-order valence-corrected chi connectivity index (χ0v) is 9.82. The Morgan fingerprint density at radius 2 is 1.81 bits per heavy atom. The highest BCUT2D eigenvalue weighted by Gasteiger charge is 2.26. The second-order valence-electron chi connectivity index (χ2n) is 4.51. The molecule has 0 amide bonds. The number of alkyl halides is 3. The molecule has 0 aromatic carbocycles. The van der Waals surface area contributed by atoms with Crippen molar-refractivity contribution in [3.8, 4) is 0 Å². The number of nitrogens with one attached hydrogen (secondary N) is 1. The molecule has 96 valence electrons. The van der Waals surface area contributed by atoms with Crippen molar-refractivity contribution in [1.29, 1.82) is 0 Å². The molecule has 1 saturated heterocycles. The van der Waals surface area contributed by atoms with Gasteiger partial charge < -0.3 is 5.32 Å². The maximum Gasteiger partial charge on any atom is 0.390 e. The molecule has 1 heterocycles. The standard InChI is InChI=1S/C11H21F3N2/c1-10(16-7-3-2-4-8-16)9-15-6-5-11(12,13)14/h10,15H,2-9H2,1H3. The van der Waals surface area contributed by atoms with Crippen molar-refractivity contribution in [2.75, 3.05) is 26.2 Å². The predicted molar refractivity (Wildman–Crippen MR) is 58.4 cm³/mol. The largest absolute Gasteiger partial charge is 0.390 e. The molecule has 1 unspecified atom stereocenters. The number of hydrogen-bond acceptors (Lipinski definition) is 2. The molecule has 0 radical (unpaired) electrons. The van der Waals surface area contributed by atoms with E-state index in [9.17, 15) is 13.2 Å². The van der Waals surface area contributed by atoms with Crippen LogP contribution >= 0.6 is 0 Å². The molecule has 0 aliphatic carbocycles. The molecule has 5 heteroatoms. The molecule has 0 spiro atoms. The van der Waals surface area contributed by atoms with E-state index in [0.29, 0.717) is 12.6 Å². The molecule has 0 saturated carbocycles. The first-order valence-electron chi connectivity index (χ1n) is 6.00. The molecular weight excluding hydrogens is 217 g/mol. The van der Waals surface area contributed by atoms with Crippen LogP contribution in [0.15, 0.2) is 0 Å². The lowest BCUT2D eigenvalue weighted by Crippen LogP contribution is -2.43. The van der Waals surface area contributed by atoms with Crippen LogP contribution in [0.25, 0.3) is 0 Å². The first kappa shape index (κ1) is 13.8. The van der Waals surface area contributed by atoms with Crippen molar-refractivity contribution >= 4 is 0 Å². The lowest BCUT2D eigenvalue weighted by Gasteiger charge is -2.32. The van der Waals surface area contributed by atoms with Crippen molar-refractivity contribution in [3.63, 3.8) is 0 Å². The smallest absolute Gasteiger partial charge is 0.315 e. The van der Waals surface area contributed by atoms with Crippen LogP contribution in [0.4, 0.5) is 13.2 Å². The molecule has 0 aromatic rings. The summed E-state index contributed by atoms with van der Waals surface area (Å²) in [6.07, 6.45) is -1.06. The van der Waals surface area contributed by atoms with Crippen molar-refractivity contribution in [2.45, 2.75) is 44.8 Å². The fraction of sp³-hybridized carbons (Fsp3) is 1.00. The van der Waals surface area contributed by atoms with Gasteiger partial charge in [-0.05, 0) is 32.9 Å². The summed E-state index contributed by atoms with van der Waals surface area (Å²) in [5.41, 5.74) is 0. The number of rotatable bonds is 5. The number of nitrogens with zero attached hydrogens (tertiary/aromatic N) is 1. The van der Waals surface area contributed by atoms with Crippen molar-refractivity contribution in [2.24, 2.45) is 0 Å². The van der Waals surface area contributed by atoms with Crippen molar-refractivity contribution in [1.82, 2.24) is 10.2 Å². The van der Waals surface area contributed by atoms with Gasteiger partial charge in [0.2, 0.25) is 0 Å². The molecular formula is C11H21F3N2. The van der Waals surface area contributed by atoms with Gasteiger partial charge in [0.25, 0.3) is 0 Å². The van der Waals surface area contributed by atoms with E-state index in [-0.39, 0.29) is 6.54 Å². The van der Waals surface area contributed by atoms with E-state index in [1.807, 2.05) is 0 Å². The van der Waals surface area contributed by atoms with E-state index < -0.39 is 12.6 Å². The summed E-state index contributed by atoms with van der Waals surface area (Å²) in [5.74, 6) is 0. The molecule has 1 N–H and O–H groups in total. The predicted octanol–water partition coefficient (Wildman–Crippen LogP) is 2.40. The van der Waals surface area contributed by atoms with Gasteiger partial charge in [0.15, 0.2) is 0 Å². The first-order chi connectivity index (χ1) is 7.49. The SMILES string of the molecule is CC(CNCCC(F)(F)F)N1CCCCC1. The lowest BCUT2D eigenvalue weighted by atomic mass is 10.1. The zero-order chi connectivity index (χ0) is 12.0. The molecule has 1 fully saturated rings. The van der Waals surface area contributed by atoms with Gasteiger partial charge in [-0.1, -0.05) is 6.42 Å². The van der Waals surface area contributed by atoms with Gasteiger partial charge in [0.1, 0.15) is 0 Å². The summed E-state index contributed by atoms with van der Waals surface area (Å²) in [4.78, 5) is 2.35. The number of likely N-dealkylation sites (tertiary alicyclic amines) is 1. The Morgan fingerprint density at radius 1 is 1.19 bits per heavy atom. The van der Waals surface area contributed by atoms with E-state index in [1.165, 1.54) is 19.3 Å². The second kappa shape index (κ2) is 6.45. The van der Waals surface area contributed by atoms with E-state index in [1.54, 1.807) is 0 Å². The van der Waals surface area contributed by atoms with Gasteiger partial charge in [-0.25, -0.2) is 0 Å². The van der Waals surface area contributed by atoms with Gasteiger partial charge in [-0.15, -0.1) is 0 Å². The molecule has 1 aliphatic rings. The highest BCUT2D eigenvalue weighted by Crippen LogP contribution is 2.18. The van der Waals surface area contributed by atoms with Crippen molar-refractivity contribution in [3.05, 3.63) is 0 Å². The van der Waals surface area contributed by atoms with Gasteiger partial charge in [0, 0.05) is 19.1 Å². The Balaban J connectivity index is 2.07. The van der Waals surface area contributed by atoms with E-state index in [4.69, 9.17) is 0 Å². The summed E-state index contributed by atoms with van der Waals surface area (Å²) in [5, 5.41) is 2.88. The highest BCUT2D eigenvalue weighted by molar-refractivity contribution is 4.73. The van der Waals surface area contributed by atoms with Gasteiger partial charge in [-0.3, -0.25) is 4.90 Å². The maximum atomic E-state index is 11.9. The van der Waals surface area contributed by atoms with Crippen LogP contribution in [0, 0.1) is 0 Å². The fourth-order valence-electron chi connectivity index (χ4n) is 2.03. The second-order valence-corrected chi connectivity index (χ2v) is 4.51. The Morgan fingerprint density at radius 3 is 2.38 bits per heavy atom. The van der Waals surface area contributed by atoms with Crippen LogP contribution in [-0.4, -0.2) is 43.3 Å². The summed E-state index contributed by atoms with van der Waals surface area (Å²) in [6.45, 7) is 4.92. The quantitative estimate of drug-likeness (QED) is 0.740. The summed E-state index contributed by atoms with van der Waals surface area (Å²) in [7, 11) is 0. The molecule has 0 bridgehead atoms. The van der Waals surface area contributed by atoms with Crippen molar-refractivity contribution < 1.29 is 13.2 Å². The van der Waals surface area contributed by atoms with E-state index in [2.05, 4.69) is 17.1 Å². The third-order valence-electron chi connectivity index (χ3n) is 3.04. The average molecular weight is 238 g/mol. The number of piperidine rings is 1. The Labute approximate surface area is 95.2 Å². The van der Waals surface area contributed by atoms with Crippen LogP contribution in [0.3, 0.4) is 0 Å². The minimum atomic E-state index is -4.04. The molecule has 1 atom stereocenters. The minimum absolute atomic E-state index is 0.0294. The lowest BCUT2D eigenvalue weighted by molar-refractivity contribution is -0.133.